The van der Waals surface area contributed by atoms with E-state index in [1.165, 1.54) is 6.07 Å². The molecule has 3 heteroatoms. The fraction of sp³-hybridized carbons (Fsp3) is 0.455. The van der Waals surface area contributed by atoms with Gasteiger partial charge < -0.3 is 5.73 Å². The fourth-order valence-electron chi connectivity index (χ4n) is 2.11. The molecule has 0 aromatic heterocycles. The van der Waals surface area contributed by atoms with Gasteiger partial charge in [0.2, 0.25) is 0 Å². The first-order valence-corrected chi connectivity index (χ1v) is 5.21. The van der Waals surface area contributed by atoms with Crippen LogP contribution in [0.4, 0.5) is 4.39 Å². The van der Waals surface area contributed by atoms with Crippen molar-refractivity contribution in [2.24, 2.45) is 5.73 Å². The third-order valence-corrected chi connectivity index (χ3v) is 3.44. The maximum atomic E-state index is 13.6. The van der Waals surface area contributed by atoms with Crippen LogP contribution in [0.15, 0.2) is 18.2 Å². The summed E-state index contributed by atoms with van der Waals surface area (Å²) in [6, 6.07) is 4.87. The zero-order valence-corrected chi connectivity index (χ0v) is 8.65. The molecule has 0 radical (unpaired) electrons. The molecule has 1 aliphatic rings. The predicted molar refractivity (Wildman–Crippen MR) is 56.0 cm³/mol. The highest BCUT2D eigenvalue weighted by Crippen LogP contribution is 2.44. The Morgan fingerprint density at radius 3 is 2.57 bits per heavy atom. The van der Waals surface area contributed by atoms with Crippen molar-refractivity contribution in [1.29, 1.82) is 0 Å². The molecular formula is C11H13ClFN. The highest BCUT2D eigenvalue weighted by atomic mass is 35.5. The first-order chi connectivity index (χ1) is 6.68. The van der Waals surface area contributed by atoms with Gasteiger partial charge in [-0.3, -0.25) is 0 Å². The minimum absolute atomic E-state index is 0.116. The molecule has 1 aromatic rings. The smallest absolute Gasteiger partial charge is 0.128 e. The lowest BCUT2D eigenvalue weighted by atomic mass is 9.64. The predicted octanol–water partition coefficient (Wildman–Crippen LogP) is 2.86. The second-order valence-electron chi connectivity index (χ2n) is 3.96. The van der Waals surface area contributed by atoms with Gasteiger partial charge in [0.25, 0.3) is 0 Å². The Kier molecular flexibility index (Phi) is 2.50. The van der Waals surface area contributed by atoms with Crippen LogP contribution in [0, 0.1) is 5.82 Å². The van der Waals surface area contributed by atoms with Crippen LogP contribution in [0.5, 0.6) is 0 Å². The molecule has 0 unspecified atom stereocenters. The molecule has 76 valence electrons. The molecule has 0 amide bonds. The van der Waals surface area contributed by atoms with Gasteiger partial charge in [0.1, 0.15) is 5.82 Å². The lowest BCUT2D eigenvalue weighted by molar-refractivity contribution is 0.245. The summed E-state index contributed by atoms with van der Waals surface area (Å²) in [5.41, 5.74) is 6.32. The van der Waals surface area contributed by atoms with E-state index in [4.69, 9.17) is 17.3 Å². The van der Waals surface area contributed by atoms with Crippen LogP contribution in [0.3, 0.4) is 0 Å². The molecule has 0 spiro atoms. The van der Waals surface area contributed by atoms with Crippen molar-refractivity contribution in [3.8, 4) is 0 Å². The number of rotatable bonds is 2. The summed E-state index contributed by atoms with van der Waals surface area (Å²) in [7, 11) is 0. The summed E-state index contributed by atoms with van der Waals surface area (Å²) in [5.74, 6) is -0.220. The standard InChI is InChI=1S/C11H13ClFN/c12-8-2-3-9(10(13)6-8)11(7-14)4-1-5-11/h2-3,6H,1,4-5,7,14H2. The first-order valence-electron chi connectivity index (χ1n) is 4.83. The number of hydrogen-bond donors (Lipinski definition) is 1. The van der Waals surface area contributed by atoms with E-state index < -0.39 is 0 Å². The summed E-state index contributed by atoms with van der Waals surface area (Å²) in [5, 5.41) is 0.442. The Balaban J connectivity index is 2.40. The normalized spacial score (nSPS) is 19.1. The average Bonchev–Trinajstić information content (AvgIpc) is 2.07. The van der Waals surface area contributed by atoms with Crippen LogP contribution < -0.4 is 5.73 Å². The van der Waals surface area contributed by atoms with E-state index in [1.807, 2.05) is 0 Å². The van der Waals surface area contributed by atoms with Gasteiger partial charge in [-0.2, -0.15) is 0 Å². The molecular weight excluding hydrogens is 201 g/mol. The Labute approximate surface area is 88.1 Å². The topological polar surface area (TPSA) is 26.0 Å². The van der Waals surface area contributed by atoms with Crippen LogP contribution in [-0.2, 0) is 5.41 Å². The SMILES string of the molecule is NCC1(c2ccc(Cl)cc2F)CCC1. The number of benzene rings is 1. The summed E-state index contributed by atoms with van der Waals surface area (Å²) >= 11 is 5.70. The lowest BCUT2D eigenvalue weighted by Crippen LogP contribution is -2.42. The molecule has 2 N–H and O–H groups in total. The number of nitrogens with two attached hydrogens (primary N) is 1. The molecule has 0 bridgehead atoms. The van der Waals surface area contributed by atoms with E-state index in [0.29, 0.717) is 11.6 Å². The molecule has 1 aliphatic carbocycles. The summed E-state index contributed by atoms with van der Waals surface area (Å²) in [6.45, 7) is 0.519. The molecule has 14 heavy (non-hydrogen) atoms. The van der Waals surface area contributed by atoms with Crippen LogP contribution in [0.1, 0.15) is 24.8 Å². The van der Waals surface area contributed by atoms with Crippen molar-refractivity contribution >= 4 is 11.6 Å². The zero-order chi connectivity index (χ0) is 10.2. The van der Waals surface area contributed by atoms with E-state index >= 15 is 0 Å². The minimum Gasteiger partial charge on any atom is -0.330 e. The van der Waals surface area contributed by atoms with Gasteiger partial charge in [-0.15, -0.1) is 0 Å². The van der Waals surface area contributed by atoms with Crippen LogP contribution in [-0.4, -0.2) is 6.54 Å². The van der Waals surface area contributed by atoms with Gasteiger partial charge in [-0.25, -0.2) is 4.39 Å². The van der Waals surface area contributed by atoms with Crippen LogP contribution in [0.2, 0.25) is 5.02 Å². The van der Waals surface area contributed by atoms with Crippen molar-refractivity contribution in [2.75, 3.05) is 6.54 Å². The van der Waals surface area contributed by atoms with Crippen molar-refractivity contribution < 1.29 is 4.39 Å². The Morgan fingerprint density at radius 2 is 2.14 bits per heavy atom. The van der Waals surface area contributed by atoms with E-state index in [2.05, 4.69) is 0 Å². The highest BCUT2D eigenvalue weighted by molar-refractivity contribution is 6.30. The van der Waals surface area contributed by atoms with Gasteiger partial charge in [-0.05, 0) is 30.5 Å². The van der Waals surface area contributed by atoms with Crippen molar-refractivity contribution in [1.82, 2.24) is 0 Å². The minimum atomic E-state index is -0.220. The molecule has 1 saturated carbocycles. The molecule has 1 aromatic carbocycles. The van der Waals surface area contributed by atoms with Crippen molar-refractivity contribution in [3.63, 3.8) is 0 Å². The van der Waals surface area contributed by atoms with Gasteiger partial charge in [0.15, 0.2) is 0 Å². The third-order valence-electron chi connectivity index (χ3n) is 3.20. The second kappa shape index (κ2) is 3.52. The largest absolute Gasteiger partial charge is 0.330 e. The highest BCUT2D eigenvalue weighted by Gasteiger charge is 2.39. The second-order valence-corrected chi connectivity index (χ2v) is 4.40. The van der Waals surface area contributed by atoms with E-state index in [1.54, 1.807) is 12.1 Å². The lowest BCUT2D eigenvalue weighted by Gasteiger charge is -2.41. The molecule has 0 aliphatic heterocycles. The average molecular weight is 214 g/mol. The molecule has 0 heterocycles. The molecule has 0 saturated heterocycles. The molecule has 0 atom stereocenters. The Bertz CT molecular complexity index is 342. The Hall–Kier alpha value is -0.600. The number of halogens is 2. The van der Waals surface area contributed by atoms with Gasteiger partial charge in [-0.1, -0.05) is 24.1 Å². The van der Waals surface area contributed by atoms with Crippen molar-refractivity contribution in [3.05, 3.63) is 34.6 Å². The van der Waals surface area contributed by atoms with Gasteiger partial charge in [0, 0.05) is 17.0 Å². The molecule has 1 fully saturated rings. The Morgan fingerprint density at radius 1 is 1.43 bits per heavy atom. The van der Waals surface area contributed by atoms with Crippen LogP contribution in [0.25, 0.3) is 0 Å². The van der Waals surface area contributed by atoms with E-state index in [9.17, 15) is 4.39 Å². The third kappa shape index (κ3) is 1.43. The van der Waals surface area contributed by atoms with Gasteiger partial charge >= 0.3 is 0 Å². The summed E-state index contributed by atoms with van der Waals surface area (Å²) < 4.78 is 13.6. The maximum absolute atomic E-state index is 13.6. The zero-order valence-electron chi connectivity index (χ0n) is 7.89. The quantitative estimate of drug-likeness (QED) is 0.803. The molecule has 2 rings (SSSR count). The first kappa shape index (κ1) is 9.94. The molecule has 1 nitrogen and oxygen atoms in total. The maximum Gasteiger partial charge on any atom is 0.128 e. The van der Waals surface area contributed by atoms with Crippen LogP contribution >= 0.6 is 11.6 Å². The summed E-state index contributed by atoms with van der Waals surface area (Å²) in [6.07, 6.45) is 3.11. The van der Waals surface area contributed by atoms with E-state index in [0.717, 1.165) is 24.8 Å². The van der Waals surface area contributed by atoms with Gasteiger partial charge in [0.05, 0.1) is 0 Å². The fourth-order valence-corrected chi connectivity index (χ4v) is 2.27. The monoisotopic (exact) mass is 213 g/mol. The summed E-state index contributed by atoms with van der Waals surface area (Å²) in [4.78, 5) is 0. The van der Waals surface area contributed by atoms with Crippen molar-refractivity contribution in [2.45, 2.75) is 24.7 Å². The number of hydrogen-bond acceptors (Lipinski definition) is 1. The van der Waals surface area contributed by atoms with E-state index in [-0.39, 0.29) is 11.2 Å².